The van der Waals surface area contributed by atoms with Gasteiger partial charge < -0.3 is 5.73 Å². The summed E-state index contributed by atoms with van der Waals surface area (Å²) in [5, 5.41) is 1.67. The quantitative estimate of drug-likeness (QED) is 0.767. The van der Waals surface area contributed by atoms with E-state index >= 15 is 0 Å². The fourth-order valence-electron chi connectivity index (χ4n) is 0.648. The highest BCUT2D eigenvalue weighted by molar-refractivity contribution is 7.92. The molecule has 0 unspecified atom stereocenters. The van der Waals surface area contributed by atoms with Crippen LogP contribution in [0.4, 0.5) is 0 Å². The molecule has 0 amide bonds. The maximum atomic E-state index is 11.0. The molecule has 1 aromatic rings. The van der Waals surface area contributed by atoms with Crippen molar-refractivity contribution in [3.05, 3.63) is 11.1 Å². The highest BCUT2D eigenvalue weighted by Crippen LogP contribution is 2.18. The fourth-order valence-corrected chi connectivity index (χ4v) is 2.41. The van der Waals surface area contributed by atoms with Crippen molar-refractivity contribution in [3.8, 4) is 0 Å². The lowest BCUT2D eigenvalue weighted by atomic mass is 10.3. The van der Waals surface area contributed by atoms with Crippen molar-refractivity contribution in [2.24, 2.45) is 5.73 Å². The number of thiazole rings is 1. The number of hydrogen-bond donors (Lipinski definition) is 1. The molecule has 1 rings (SSSR count). The molecule has 1 atom stereocenters. The zero-order chi connectivity index (χ0) is 9.35. The zero-order valence-electron chi connectivity index (χ0n) is 6.81. The number of rotatable bonds is 2. The van der Waals surface area contributed by atoms with E-state index in [0.717, 1.165) is 17.6 Å². The van der Waals surface area contributed by atoms with E-state index in [1.807, 2.05) is 0 Å². The molecule has 0 aliphatic carbocycles. The first-order valence-corrected chi connectivity index (χ1v) is 6.09. The molecule has 0 aromatic carbocycles. The number of sulfone groups is 1. The molecule has 0 saturated heterocycles. The van der Waals surface area contributed by atoms with E-state index in [-0.39, 0.29) is 10.4 Å². The van der Waals surface area contributed by atoms with E-state index in [0.29, 0.717) is 5.69 Å². The van der Waals surface area contributed by atoms with Gasteiger partial charge >= 0.3 is 0 Å². The summed E-state index contributed by atoms with van der Waals surface area (Å²) in [5.74, 6) is 0. The van der Waals surface area contributed by atoms with Crippen molar-refractivity contribution in [2.75, 3.05) is 6.26 Å². The minimum atomic E-state index is -3.16. The Labute approximate surface area is 75.4 Å². The smallest absolute Gasteiger partial charge is 0.209 e. The normalized spacial score (nSPS) is 14.6. The van der Waals surface area contributed by atoms with Crippen LogP contribution in [0.2, 0.25) is 0 Å². The lowest BCUT2D eigenvalue weighted by Gasteiger charge is -1.96. The topological polar surface area (TPSA) is 73.1 Å². The molecule has 68 valence electrons. The Morgan fingerprint density at radius 3 is 2.50 bits per heavy atom. The molecular formula is C6H10N2O2S2. The van der Waals surface area contributed by atoms with Crippen molar-refractivity contribution < 1.29 is 8.42 Å². The van der Waals surface area contributed by atoms with Crippen molar-refractivity contribution in [3.63, 3.8) is 0 Å². The first kappa shape index (κ1) is 9.63. The van der Waals surface area contributed by atoms with Gasteiger partial charge in [-0.3, -0.25) is 0 Å². The van der Waals surface area contributed by atoms with Gasteiger partial charge in [-0.15, -0.1) is 11.3 Å². The third kappa shape index (κ3) is 2.02. The van der Waals surface area contributed by atoms with Crippen LogP contribution in [0.25, 0.3) is 0 Å². The number of nitrogens with zero attached hydrogens (tertiary/aromatic N) is 1. The van der Waals surface area contributed by atoms with Crippen molar-refractivity contribution in [1.29, 1.82) is 0 Å². The largest absolute Gasteiger partial charge is 0.323 e. The molecule has 1 aromatic heterocycles. The van der Waals surface area contributed by atoms with Gasteiger partial charge in [0.1, 0.15) is 0 Å². The lowest BCUT2D eigenvalue weighted by molar-refractivity contribution is 0.600. The fraction of sp³-hybridized carbons (Fsp3) is 0.500. The number of hydrogen-bond acceptors (Lipinski definition) is 5. The molecule has 0 aliphatic heterocycles. The summed E-state index contributed by atoms with van der Waals surface area (Å²) in [4.78, 5) is 3.89. The average molecular weight is 206 g/mol. The maximum absolute atomic E-state index is 11.0. The molecule has 1 heterocycles. The Hall–Kier alpha value is -0.460. The van der Waals surface area contributed by atoms with Crippen LogP contribution >= 0.6 is 11.3 Å². The SMILES string of the molecule is C[C@H](N)c1csc(S(C)(=O)=O)n1. The molecular weight excluding hydrogens is 196 g/mol. The first-order valence-electron chi connectivity index (χ1n) is 3.32. The van der Waals surface area contributed by atoms with Crippen LogP contribution in [-0.2, 0) is 9.84 Å². The van der Waals surface area contributed by atoms with Gasteiger partial charge in [-0.1, -0.05) is 0 Å². The summed E-state index contributed by atoms with van der Waals surface area (Å²) in [6.45, 7) is 1.76. The van der Waals surface area contributed by atoms with Gasteiger partial charge in [0, 0.05) is 17.7 Å². The van der Waals surface area contributed by atoms with Gasteiger partial charge in [0.2, 0.25) is 14.2 Å². The second-order valence-electron chi connectivity index (χ2n) is 2.60. The first-order chi connectivity index (χ1) is 5.41. The molecule has 0 radical (unpaired) electrons. The third-order valence-electron chi connectivity index (χ3n) is 1.28. The second-order valence-corrected chi connectivity index (χ2v) is 5.65. The predicted molar refractivity (Wildman–Crippen MR) is 47.8 cm³/mol. The van der Waals surface area contributed by atoms with Crippen LogP contribution in [0.5, 0.6) is 0 Å². The van der Waals surface area contributed by atoms with Crippen molar-refractivity contribution in [1.82, 2.24) is 4.98 Å². The monoisotopic (exact) mass is 206 g/mol. The highest BCUT2D eigenvalue weighted by atomic mass is 32.2. The molecule has 0 saturated carbocycles. The maximum Gasteiger partial charge on any atom is 0.209 e. The molecule has 12 heavy (non-hydrogen) atoms. The van der Waals surface area contributed by atoms with Gasteiger partial charge in [0.05, 0.1) is 5.69 Å². The van der Waals surface area contributed by atoms with Crippen LogP contribution in [0.1, 0.15) is 18.7 Å². The summed E-state index contributed by atoms with van der Waals surface area (Å²) in [6, 6.07) is -0.211. The minimum Gasteiger partial charge on any atom is -0.323 e. The standard InChI is InChI=1S/C6H10N2O2S2/c1-4(7)5-3-11-6(8-5)12(2,9)10/h3-4H,7H2,1-2H3/t4-/m0/s1. The Bertz CT molecular complexity index is 367. The summed E-state index contributed by atoms with van der Waals surface area (Å²) in [7, 11) is -3.16. The minimum absolute atomic E-state index is 0.134. The third-order valence-corrected chi connectivity index (χ3v) is 3.86. The molecule has 2 N–H and O–H groups in total. The van der Waals surface area contributed by atoms with Crippen molar-refractivity contribution in [2.45, 2.75) is 17.3 Å². The highest BCUT2D eigenvalue weighted by Gasteiger charge is 2.13. The molecule has 4 nitrogen and oxygen atoms in total. The predicted octanol–water partition coefficient (Wildman–Crippen LogP) is 0.566. The van der Waals surface area contributed by atoms with E-state index in [1.165, 1.54) is 0 Å². The lowest BCUT2D eigenvalue weighted by Crippen LogP contribution is -2.06. The van der Waals surface area contributed by atoms with E-state index in [4.69, 9.17) is 5.73 Å². The van der Waals surface area contributed by atoms with Gasteiger partial charge in [0.15, 0.2) is 0 Å². The van der Waals surface area contributed by atoms with Crippen LogP contribution in [-0.4, -0.2) is 19.7 Å². The summed E-state index contributed by atoms with van der Waals surface area (Å²) in [5.41, 5.74) is 6.15. The molecule has 6 heteroatoms. The van der Waals surface area contributed by atoms with Crippen LogP contribution in [0.15, 0.2) is 9.72 Å². The van der Waals surface area contributed by atoms with Crippen LogP contribution < -0.4 is 5.73 Å². The van der Waals surface area contributed by atoms with Crippen LogP contribution in [0.3, 0.4) is 0 Å². The Kier molecular flexibility index (Phi) is 2.50. The summed E-state index contributed by atoms with van der Waals surface area (Å²) in [6.07, 6.45) is 1.14. The van der Waals surface area contributed by atoms with Gasteiger partial charge in [-0.2, -0.15) is 0 Å². The van der Waals surface area contributed by atoms with E-state index in [1.54, 1.807) is 12.3 Å². The Morgan fingerprint density at radius 2 is 2.25 bits per heavy atom. The molecule has 0 bridgehead atoms. The Morgan fingerprint density at radius 1 is 1.67 bits per heavy atom. The summed E-state index contributed by atoms with van der Waals surface area (Å²) >= 11 is 1.11. The van der Waals surface area contributed by atoms with Gasteiger partial charge in [-0.25, -0.2) is 13.4 Å². The number of nitrogens with two attached hydrogens (primary N) is 1. The molecule has 0 aliphatic rings. The summed E-state index contributed by atoms with van der Waals surface area (Å²) < 4.78 is 22.1. The van der Waals surface area contributed by atoms with E-state index in [9.17, 15) is 8.42 Å². The Balaban J connectivity index is 3.09. The van der Waals surface area contributed by atoms with Gasteiger partial charge in [-0.05, 0) is 6.92 Å². The number of aromatic nitrogens is 1. The average Bonchev–Trinajstić information content (AvgIpc) is 2.30. The van der Waals surface area contributed by atoms with Crippen molar-refractivity contribution >= 4 is 21.2 Å². The van der Waals surface area contributed by atoms with Gasteiger partial charge in [0.25, 0.3) is 0 Å². The van der Waals surface area contributed by atoms with E-state index < -0.39 is 9.84 Å². The van der Waals surface area contributed by atoms with Crippen LogP contribution in [0, 0.1) is 0 Å². The molecule has 0 fully saturated rings. The van der Waals surface area contributed by atoms with E-state index in [2.05, 4.69) is 4.98 Å². The zero-order valence-corrected chi connectivity index (χ0v) is 8.45. The molecule has 0 spiro atoms. The second kappa shape index (κ2) is 3.12.